The number of nitrogens with one attached hydrogen (secondary N) is 1. The van der Waals surface area contributed by atoms with Crippen LogP contribution in [-0.4, -0.2) is 18.6 Å². The number of hydrogen-bond acceptors (Lipinski definition) is 4. The highest BCUT2D eigenvalue weighted by molar-refractivity contribution is 5.35. The summed E-state index contributed by atoms with van der Waals surface area (Å²) in [5, 5.41) is 3.32. The van der Waals surface area contributed by atoms with Crippen LogP contribution in [0.4, 0.5) is 0 Å². The SMILES string of the molecule is CCNCc1cc(CC)nc(Oc2ccc(OC)cc2)c1. The number of aryl methyl sites for hydroxylation is 1. The van der Waals surface area contributed by atoms with Gasteiger partial charge in [0.1, 0.15) is 11.5 Å². The maximum atomic E-state index is 5.85. The normalized spacial score (nSPS) is 10.4. The Morgan fingerprint density at radius 2 is 1.76 bits per heavy atom. The van der Waals surface area contributed by atoms with Gasteiger partial charge in [0.05, 0.1) is 7.11 Å². The molecule has 0 fully saturated rings. The predicted molar refractivity (Wildman–Crippen MR) is 84.1 cm³/mol. The molecule has 2 rings (SSSR count). The number of nitrogens with zero attached hydrogens (tertiary/aromatic N) is 1. The molecule has 0 atom stereocenters. The summed E-state index contributed by atoms with van der Waals surface area (Å²) in [6, 6.07) is 11.6. The lowest BCUT2D eigenvalue weighted by Crippen LogP contribution is -2.12. The molecule has 112 valence electrons. The van der Waals surface area contributed by atoms with Crippen molar-refractivity contribution >= 4 is 0 Å². The Bertz CT molecular complexity index is 568. The van der Waals surface area contributed by atoms with Crippen molar-refractivity contribution in [3.63, 3.8) is 0 Å². The van der Waals surface area contributed by atoms with Crippen LogP contribution in [0.1, 0.15) is 25.1 Å². The molecule has 1 aromatic heterocycles. The smallest absolute Gasteiger partial charge is 0.219 e. The fourth-order valence-corrected chi connectivity index (χ4v) is 1.99. The first-order chi connectivity index (χ1) is 10.2. The summed E-state index contributed by atoms with van der Waals surface area (Å²) in [7, 11) is 1.65. The predicted octanol–water partition coefficient (Wildman–Crippen LogP) is 3.55. The molecule has 1 aromatic carbocycles. The summed E-state index contributed by atoms with van der Waals surface area (Å²) in [5.41, 5.74) is 2.22. The van der Waals surface area contributed by atoms with E-state index in [0.29, 0.717) is 5.88 Å². The van der Waals surface area contributed by atoms with Crippen molar-refractivity contribution in [3.05, 3.63) is 47.7 Å². The van der Waals surface area contributed by atoms with Crippen LogP contribution in [0.3, 0.4) is 0 Å². The Morgan fingerprint density at radius 1 is 1.05 bits per heavy atom. The van der Waals surface area contributed by atoms with Crippen molar-refractivity contribution in [3.8, 4) is 17.4 Å². The lowest BCUT2D eigenvalue weighted by atomic mass is 10.2. The van der Waals surface area contributed by atoms with Gasteiger partial charge >= 0.3 is 0 Å². The van der Waals surface area contributed by atoms with E-state index >= 15 is 0 Å². The zero-order valence-electron chi connectivity index (χ0n) is 12.8. The van der Waals surface area contributed by atoms with E-state index in [1.165, 1.54) is 5.56 Å². The van der Waals surface area contributed by atoms with Gasteiger partial charge < -0.3 is 14.8 Å². The Labute approximate surface area is 126 Å². The van der Waals surface area contributed by atoms with E-state index in [0.717, 1.165) is 36.7 Å². The molecule has 4 heteroatoms. The van der Waals surface area contributed by atoms with Crippen molar-refractivity contribution in [1.82, 2.24) is 10.3 Å². The zero-order chi connectivity index (χ0) is 15.1. The monoisotopic (exact) mass is 286 g/mol. The maximum absolute atomic E-state index is 5.85. The van der Waals surface area contributed by atoms with Crippen molar-refractivity contribution < 1.29 is 9.47 Å². The molecule has 2 aromatic rings. The number of pyridine rings is 1. The van der Waals surface area contributed by atoms with Crippen LogP contribution in [0.2, 0.25) is 0 Å². The quantitative estimate of drug-likeness (QED) is 0.845. The Hall–Kier alpha value is -2.07. The first-order valence-electron chi connectivity index (χ1n) is 7.27. The van der Waals surface area contributed by atoms with Gasteiger partial charge in [0.2, 0.25) is 5.88 Å². The molecule has 1 N–H and O–H groups in total. The number of rotatable bonds is 7. The van der Waals surface area contributed by atoms with Crippen molar-refractivity contribution in [2.45, 2.75) is 26.8 Å². The molecule has 0 amide bonds. The standard InChI is InChI=1S/C17H22N2O2/c1-4-14-10-13(12-18-5-2)11-17(19-14)21-16-8-6-15(20-3)7-9-16/h6-11,18H,4-5,12H2,1-3H3. The van der Waals surface area contributed by atoms with Gasteiger partial charge in [-0.05, 0) is 48.9 Å². The molecular formula is C17H22N2O2. The highest BCUT2D eigenvalue weighted by Gasteiger charge is 2.04. The highest BCUT2D eigenvalue weighted by Crippen LogP contribution is 2.23. The van der Waals surface area contributed by atoms with E-state index in [9.17, 15) is 0 Å². The second kappa shape index (κ2) is 7.64. The van der Waals surface area contributed by atoms with E-state index < -0.39 is 0 Å². The molecule has 21 heavy (non-hydrogen) atoms. The van der Waals surface area contributed by atoms with E-state index in [1.54, 1.807) is 7.11 Å². The molecule has 0 aliphatic heterocycles. The van der Waals surface area contributed by atoms with Gasteiger partial charge in [0.25, 0.3) is 0 Å². The molecule has 0 saturated carbocycles. The molecule has 4 nitrogen and oxygen atoms in total. The molecule has 0 aliphatic carbocycles. The van der Waals surface area contributed by atoms with Crippen molar-refractivity contribution in [2.75, 3.05) is 13.7 Å². The Morgan fingerprint density at radius 3 is 2.38 bits per heavy atom. The van der Waals surface area contributed by atoms with Gasteiger partial charge in [-0.25, -0.2) is 4.98 Å². The molecule has 0 spiro atoms. The average Bonchev–Trinajstić information content (AvgIpc) is 2.53. The van der Waals surface area contributed by atoms with Crippen LogP contribution in [0, 0.1) is 0 Å². The third kappa shape index (κ3) is 4.46. The minimum absolute atomic E-state index is 0.632. The van der Waals surface area contributed by atoms with E-state index in [2.05, 4.69) is 30.2 Å². The summed E-state index contributed by atoms with van der Waals surface area (Å²) in [6.45, 7) is 5.96. The minimum Gasteiger partial charge on any atom is -0.497 e. The topological polar surface area (TPSA) is 43.4 Å². The molecule has 0 aliphatic rings. The first kappa shape index (κ1) is 15.3. The summed E-state index contributed by atoms with van der Waals surface area (Å²) < 4.78 is 11.0. The van der Waals surface area contributed by atoms with Gasteiger partial charge in [-0.2, -0.15) is 0 Å². The van der Waals surface area contributed by atoms with E-state index in [-0.39, 0.29) is 0 Å². The highest BCUT2D eigenvalue weighted by atomic mass is 16.5. The molecule has 0 bridgehead atoms. The van der Waals surface area contributed by atoms with Crippen LogP contribution in [0.15, 0.2) is 36.4 Å². The van der Waals surface area contributed by atoms with Gasteiger partial charge in [-0.15, -0.1) is 0 Å². The fourth-order valence-electron chi connectivity index (χ4n) is 1.99. The molecule has 1 heterocycles. The lowest BCUT2D eigenvalue weighted by Gasteiger charge is -2.10. The van der Waals surface area contributed by atoms with Gasteiger partial charge in [0, 0.05) is 18.3 Å². The minimum atomic E-state index is 0.632. The van der Waals surface area contributed by atoms with Crippen LogP contribution in [0.5, 0.6) is 17.4 Å². The molecular weight excluding hydrogens is 264 g/mol. The number of aromatic nitrogens is 1. The number of methoxy groups -OCH3 is 1. The van der Waals surface area contributed by atoms with Crippen LogP contribution >= 0.6 is 0 Å². The van der Waals surface area contributed by atoms with Crippen LogP contribution < -0.4 is 14.8 Å². The molecule has 0 radical (unpaired) electrons. The second-order valence-electron chi connectivity index (χ2n) is 4.72. The largest absolute Gasteiger partial charge is 0.497 e. The van der Waals surface area contributed by atoms with Gasteiger partial charge in [-0.3, -0.25) is 0 Å². The Balaban J connectivity index is 2.16. The van der Waals surface area contributed by atoms with Crippen LogP contribution in [0.25, 0.3) is 0 Å². The summed E-state index contributed by atoms with van der Waals surface area (Å²) in [5.74, 6) is 2.20. The summed E-state index contributed by atoms with van der Waals surface area (Å²) in [4.78, 5) is 4.52. The summed E-state index contributed by atoms with van der Waals surface area (Å²) in [6.07, 6.45) is 0.888. The lowest BCUT2D eigenvalue weighted by molar-refractivity contribution is 0.412. The first-order valence-corrected chi connectivity index (χ1v) is 7.27. The second-order valence-corrected chi connectivity index (χ2v) is 4.72. The maximum Gasteiger partial charge on any atom is 0.219 e. The van der Waals surface area contributed by atoms with Crippen LogP contribution in [-0.2, 0) is 13.0 Å². The average molecular weight is 286 g/mol. The number of benzene rings is 1. The fraction of sp³-hybridized carbons (Fsp3) is 0.353. The van der Waals surface area contributed by atoms with E-state index in [4.69, 9.17) is 9.47 Å². The molecule has 0 unspecified atom stereocenters. The summed E-state index contributed by atoms with van der Waals surface area (Å²) >= 11 is 0. The number of ether oxygens (including phenoxy) is 2. The van der Waals surface area contributed by atoms with Gasteiger partial charge in [-0.1, -0.05) is 13.8 Å². The third-order valence-electron chi connectivity index (χ3n) is 3.14. The zero-order valence-corrected chi connectivity index (χ0v) is 12.8. The Kier molecular flexibility index (Phi) is 5.58. The van der Waals surface area contributed by atoms with E-state index in [1.807, 2.05) is 30.3 Å². The third-order valence-corrected chi connectivity index (χ3v) is 3.14. The van der Waals surface area contributed by atoms with Crippen molar-refractivity contribution in [2.24, 2.45) is 0 Å². The van der Waals surface area contributed by atoms with Gasteiger partial charge in [0.15, 0.2) is 0 Å². The van der Waals surface area contributed by atoms with Crippen molar-refractivity contribution in [1.29, 1.82) is 0 Å². The number of hydrogen-bond donors (Lipinski definition) is 1. The molecule has 0 saturated heterocycles.